The monoisotopic (exact) mass is 257 g/mol. The first kappa shape index (κ1) is 12.9. The minimum Gasteiger partial charge on any atom is -0.334 e. The van der Waals surface area contributed by atoms with Crippen LogP contribution in [0.4, 0.5) is 10.5 Å². The summed E-state index contributed by atoms with van der Waals surface area (Å²) in [6.45, 7) is 0.457. The van der Waals surface area contributed by atoms with Crippen LogP contribution in [0.1, 0.15) is 5.56 Å². The Balaban J connectivity index is 1.91. The second-order valence-electron chi connectivity index (χ2n) is 4.16. The summed E-state index contributed by atoms with van der Waals surface area (Å²) in [5.41, 5.74) is 1.49. The maximum absolute atomic E-state index is 11.7. The molecule has 1 aromatic carbocycles. The number of amides is 2. The smallest absolute Gasteiger partial charge is 0.319 e. The Hall–Kier alpha value is -2.56. The van der Waals surface area contributed by atoms with Crippen LogP contribution in [0.25, 0.3) is 0 Å². The van der Waals surface area contributed by atoms with Crippen molar-refractivity contribution in [2.45, 2.75) is 6.54 Å². The van der Waals surface area contributed by atoms with Crippen LogP contribution in [-0.2, 0) is 13.6 Å². The quantitative estimate of drug-likeness (QED) is 0.879. The molecule has 0 aliphatic rings. The molecular formula is C14H15N3O2. The molecule has 0 radical (unpaired) electrons. The lowest BCUT2D eigenvalue weighted by Gasteiger charge is -2.08. The van der Waals surface area contributed by atoms with E-state index in [1.165, 1.54) is 10.6 Å². The largest absolute Gasteiger partial charge is 0.334 e. The summed E-state index contributed by atoms with van der Waals surface area (Å²) in [7, 11) is 1.63. The van der Waals surface area contributed by atoms with Gasteiger partial charge in [0.25, 0.3) is 0 Å². The lowest BCUT2D eigenvalue weighted by molar-refractivity contribution is 0.251. The van der Waals surface area contributed by atoms with Crippen LogP contribution in [0.3, 0.4) is 0 Å². The number of nitrogens with zero attached hydrogens (tertiary/aromatic N) is 1. The van der Waals surface area contributed by atoms with Gasteiger partial charge in [0, 0.05) is 25.9 Å². The van der Waals surface area contributed by atoms with Crippen LogP contribution in [-0.4, -0.2) is 10.6 Å². The molecule has 2 aromatic rings. The van der Waals surface area contributed by atoms with Gasteiger partial charge >= 0.3 is 6.03 Å². The standard InChI is InChI=1S/C14H15N3O2/c1-17-10-12(7-8-13(17)18)16-14(19)15-9-11-5-3-2-4-6-11/h2-8,10H,9H2,1H3,(H2,15,16,19). The lowest BCUT2D eigenvalue weighted by atomic mass is 10.2. The molecule has 98 valence electrons. The Morgan fingerprint density at radius 1 is 1.16 bits per heavy atom. The van der Waals surface area contributed by atoms with Crippen LogP contribution in [0.2, 0.25) is 0 Å². The third-order valence-corrected chi connectivity index (χ3v) is 2.64. The summed E-state index contributed by atoms with van der Waals surface area (Å²) in [6.07, 6.45) is 1.57. The molecule has 0 fully saturated rings. The van der Waals surface area contributed by atoms with Gasteiger partial charge in [0.1, 0.15) is 0 Å². The van der Waals surface area contributed by atoms with Crippen LogP contribution >= 0.6 is 0 Å². The summed E-state index contributed by atoms with van der Waals surface area (Å²) >= 11 is 0. The number of aromatic nitrogens is 1. The average molecular weight is 257 g/mol. The number of carbonyl (C=O) groups excluding carboxylic acids is 1. The van der Waals surface area contributed by atoms with Gasteiger partial charge in [-0.1, -0.05) is 30.3 Å². The third-order valence-electron chi connectivity index (χ3n) is 2.64. The number of aryl methyl sites for hydroxylation is 1. The maximum atomic E-state index is 11.7. The van der Waals surface area contributed by atoms with Crippen molar-refractivity contribution in [3.05, 3.63) is 64.6 Å². The molecule has 19 heavy (non-hydrogen) atoms. The highest BCUT2D eigenvalue weighted by molar-refractivity contribution is 5.88. The van der Waals surface area contributed by atoms with Gasteiger partial charge in [-0.2, -0.15) is 0 Å². The number of nitrogens with one attached hydrogen (secondary N) is 2. The van der Waals surface area contributed by atoms with Gasteiger partial charge in [-0.3, -0.25) is 4.79 Å². The predicted octanol–water partition coefficient (Wildman–Crippen LogP) is 1.71. The zero-order valence-electron chi connectivity index (χ0n) is 10.6. The van der Waals surface area contributed by atoms with Gasteiger partial charge in [0.15, 0.2) is 0 Å². The van der Waals surface area contributed by atoms with Gasteiger partial charge in [-0.15, -0.1) is 0 Å². The van der Waals surface area contributed by atoms with Crippen LogP contribution in [0.5, 0.6) is 0 Å². The normalized spacial score (nSPS) is 9.95. The Kier molecular flexibility index (Phi) is 3.97. The summed E-state index contributed by atoms with van der Waals surface area (Å²) < 4.78 is 1.41. The summed E-state index contributed by atoms with van der Waals surface area (Å²) in [4.78, 5) is 22.9. The zero-order valence-corrected chi connectivity index (χ0v) is 10.6. The van der Waals surface area contributed by atoms with Crippen molar-refractivity contribution in [2.75, 3.05) is 5.32 Å². The van der Waals surface area contributed by atoms with Crippen LogP contribution in [0, 0.1) is 0 Å². The molecular weight excluding hydrogens is 242 g/mol. The Bertz CT molecular complexity index is 620. The predicted molar refractivity (Wildman–Crippen MR) is 74.0 cm³/mol. The second kappa shape index (κ2) is 5.86. The fourth-order valence-corrected chi connectivity index (χ4v) is 1.62. The van der Waals surface area contributed by atoms with E-state index in [4.69, 9.17) is 0 Å². The highest BCUT2D eigenvalue weighted by atomic mass is 16.2. The molecule has 0 atom stereocenters. The highest BCUT2D eigenvalue weighted by Gasteiger charge is 2.02. The van der Waals surface area contributed by atoms with E-state index in [0.717, 1.165) is 5.56 Å². The molecule has 2 N–H and O–H groups in total. The van der Waals surface area contributed by atoms with Gasteiger partial charge in [-0.05, 0) is 11.6 Å². The summed E-state index contributed by atoms with van der Waals surface area (Å²) in [5, 5.41) is 5.41. The Labute approximate surface area is 110 Å². The summed E-state index contributed by atoms with van der Waals surface area (Å²) in [5.74, 6) is 0. The van der Waals surface area contributed by atoms with Crippen molar-refractivity contribution >= 4 is 11.7 Å². The van der Waals surface area contributed by atoms with Gasteiger partial charge in [-0.25, -0.2) is 4.79 Å². The third kappa shape index (κ3) is 3.70. The molecule has 2 rings (SSSR count). The first-order chi connectivity index (χ1) is 9.15. The minimum absolute atomic E-state index is 0.116. The minimum atomic E-state index is -0.303. The van der Waals surface area contributed by atoms with Crippen molar-refractivity contribution in [1.82, 2.24) is 9.88 Å². The average Bonchev–Trinajstić information content (AvgIpc) is 2.42. The number of anilines is 1. The lowest BCUT2D eigenvalue weighted by Crippen LogP contribution is -2.28. The van der Waals surface area contributed by atoms with E-state index in [1.54, 1.807) is 19.3 Å². The van der Waals surface area contributed by atoms with Crippen molar-refractivity contribution < 1.29 is 4.79 Å². The molecule has 1 aromatic heterocycles. The zero-order chi connectivity index (χ0) is 13.7. The number of pyridine rings is 1. The molecule has 1 heterocycles. The molecule has 0 spiro atoms. The van der Waals surface area contributed by atoms with Gasteiger partial charge in [0.2, 0.25) is 5.56 Å². The van der Waals surface area contributed by atoms with E-state index < -0.39 is 0 Å². The maximum Gasteiger partial charge on any atom is 0.319 e. The molecule has 0 aliphatic heterocycles. The van der Waals surface area contributed by atoms with Gasteiger partial charge in [0.05, 0.1) is 5.69 Å². The number of carbonyl (C=O) groups is 1. The van der Waals surface area contributed by atoms with E-state index in [0.29, 0.717) is 12.2 Å². The first-order valence-electron chi connectivity index (χ1n) is 5.90. The van der Waals surface area contributed by atoms with Gasteiger partial charge < -0.3 is 15.2 Å². The van der Waals surface area contributed by atoms with Crippen LogP contribution in [0.15, 0.2) is 53.5 Å². The second-order valence-corrected chi connectivity index (χ2v) is 4.16. The van der Waals surface area contributed by atoms with E-state index in [-0.39, 0.29) is 11.6 Å². The van der Waals surface area contributed by atoms with Crippen LogP contribution < -0.4 is 16.2 Å². The van der Waals surface area contributed by atoms with Crippen molar-refractivity contribution in [3.8, 4) is 0 Å². The number of benzene rings is 1. The molecule has 0 unspecified atom stereocenters. The SMILES string of the molecule is Cn1cc(NC(=O)NCc2ccccc2)ccc1=O. The number of hydrogen-bond donors (Lipinski definition) is 2. The highest BCUT2D eigenvalue weighted by Crippen LogP contribution is 2.02. The Morgan fingerprint density at radius 2 is 1.89 bits per heavy atom. The molecule has 5 nitrogen and oxygen atoms in total. The molecule has 2 amide bonds. The molecule has 0 aliphatic carbocycles. The van der Waals surface area contributed by atoms with E-state index >= 15 is 0 Å². The summed E-state index contributed by atoms with van der Waals surface area (Å²) in [6, 6.07) is 12.3. The molecule has 0 bridgehead atoms. The number of urea groups is 1. The fourth-order valence-electron chi connectivity index (χ4n) is 1.62. The van der Waals surface area contributed by atoms with Crippen molar-refractivity contribution in [3.63, 3.8) is 0 Å². The van der Waals surface area contributed by atoms with Crippen molar-refractivity contribution in [1.29, 1.82) is 0 Å². The van der Waals surface area contributed by atoms with Crippen molar-refractivity contribution in [2.24, 2.45) is 7.05 Å². The fraction of sp³-hybridized carbons (Fsp3) is 0.143. The topological polar surface area (TPSA) is 63.1 Å². The molecule has 0 saturated heterocycles. The van der Waals surface area contributed by atoms with E-state index in [9.17, 15) is 9.59 Å². The van der Waals surface area contributed by atoms with E-state index in [1.807, 2.05) is 30.3 Å². The number of rotatable bonds is 3. The molecule has 0 saturated carbocycles. The first-order valence-corrected chi connectivity index (χ1v) is 5.90. The molecule has 5 heteroatoms. The number of hydrogen-bond acceptors (Lipinski definition) is 2. The van der Waals surface area contributed by atoms with E-state index in [2.05, 4.69) is 10.6 Å². The Morgan fingerprint density at radius 3 is 2.58 bits per heavy atom.